The number of rotatable bonds is 4. The van der Waals surface area contributed by atoms with Crippen LogP contribution in [0, 0.1) is 0 Å². The summed E-state index contributed by atoms with van der Waals surface area (Å²) in [5.41, 5.74) is 2.18. The first-order chi connectivity index (χ1) is 13.6. The Hall–Kier alpha value is -3.19. The van der Waals surface area contributed by atoms with Crippen LogP contribution in [0.15, 0.2) is 65.2 Å². The molecule has 7 heteroatoms. The molecule has 1 aliphatic rings. The smallest absolute Gasteiger partial charge is 0.337 e. The van der Waals surface area contributed by atoms with Crippen molar-refractivity contribution >= 4 is 23.3 Å². The molecule has 142 valence electrons. The number of esters is 1. The van der Waals surface area contributed by atoms with Crippen LogP contribution in [0.3, 0.4) is 0 Å². The van der Waals surface area contributed by atoms with Crippen molar-refractivity contribution in [2.45, 2.75) is 12.1 Å². The van der Waals surface area contributed by atoms with E-state index in [4.69, 9.17) is 21.4 Å². The molecule has 0 unspecified atom stereocenters. The van der Waals surface area contributed by atoms with Gasteiger partial charge in [0.1, 0.15) is 17.6 Å². The second kappa shape index (κ2) is 7.44. The molecule has 0 radical (unpaired) electrons. The van der Waals surface area contributed by atoms with Crippen molar-refractivity contribution in [1.82, 2.24) is 15.2 Å². The molecule has 3 heterocycles. The lowest BCUT2D eigenvalue weighted by Crippen LogP contribution is -2.24. The molecule has 0 spiro atoms. The van der Waals surface area contributed by atoms with Gasteiger partial charge >= 0.3 is 5.97 Å². The van der Waals surface area contributed by atoms with Crippen molar-refractivity contribution in [3.63, 3.8) is 0 Å². The number of likely N-dealkylation sites (N-methyl/N-ethyl adjacent to an activating group) is 1. The zero-order valence-corrected chi connectivity index (χ0v) is 16.3. The predicted molar refractivity (Wildman–Crippen MR) is 109 cm³/mol. The van der Waals surface area contributed by atoms with Crippen LogP contribution in [0.5, 0.6) is 0 Å². The number of pyridine rings is 1. The lowest BCUT2D eigenvalue weighted by molar-refractivity contribution is 0.0601. The number of hydrogen-bond acceptors (Lipinski definition) is 5. The zero-order valence-electron chi connectivity index (χ0n) is 15.5. The Kier molecular flexibility index (Phi) is 4.83. The maximum Gasteiger partial charge on any atom is 0.337 e. The molecule has 0 bridgehead atoms. The summed E-state index contributed by atoms with van der Waals surface area (Å²) in [4.78, 5) is 18.2. The van der Waals surface area contributed by atoms with Crippen molar-refractivity contribution in [2.24, 2.45) is 0 Å². The molecule has 0 aliphatic carbocycles. The number of carbonyl (C=O) groups excluding carboxylic acids is 1. The number of nitrogens with zero attached hydrogens (tertiary/aromatic N) is 2. The molecule has 6 nitrogen and oxygen atoms in total. The van der Waals surface area contributed by atoms with Crippen LogP contribution in [0.1, 0.15) is 33.9 Å². The van der Waals surface area contributed by atoms with Gasteiger partial charge in [-0.25, -0.2) is 4.79 Å². The molecule has 0 saturated carbocycles. The maximum absolute atomic E-state index is 11.8. The number of thiocarbonyl (C=S) groups is 1. The fourth-order valence-electron chi connectivity index (χ4n) is 3.40. The van der Waals surface area contributed by atoms with Crippen LogP contribution >= 0.6 is 12.2 Å². The van der Waals surface area contributed by atoms with Gasteiger partial charge in [0.05, 0.1) is 24.4 Å². The van der Waals surface area contributed by atoms with E-state index >= 15 is 0 Å². The van der Waals surface area contributed by atoms with E-state index in [1.165, 1.54) is 7.11 Å². The van der Waals surface area contributed by atoms with Gasteiger partial charge < -0.3 is 19.4 Å². The summed E-state index contributed by atoms with van der Waals surface area (Å²) in [5.74, 6) is 1.06. The molecule has 1 saturated heterocycles. The molecule has 3 aromatic rings. The van der Waals surface area contributed by atoms with E-state index < -0.39 is 0 Å². The number of benzene rings is 1. The van der Waals surface area contributed by atoms with Gasteiger partial charge in [-0.15, -0.1) is 0 Å². The number of aromatic nitrogens is 1. The highest BCUT2D eigenvalue weighted by Crippen LogP contribution is 2.39. The molecule has 1 aromatic carbocycles. The molecule has 28 heavy (non-hydrogen) atoms. The van der Waals surface area contributed by atoms with Gasteiger partial charge in [0, 0.05) is 18.8 Å². The predicted octanol–water partition coefficient (Wildman–Crippen LogP) is 3.73. The molecular formula is C21H19N3O3S. The first-order valence-corrected chi connectivity index (χ1v) is 9.22. The quantitative estimate of drug-likeness (QED) is 0.535. The summed E-state index contributed by atoms with van der Waals surface area (Å²) in [7, 11) is 3.30. The maximum atomic E-state index is 11.8. The summed E-state index contributed by atoms with van der Waals surface area (Å²) in [6, 6.07) is 16.6. The van der Waals surface area contributed by atoms with Crippen LogP contribution in [0.2, 0.25) is 0 Å². The molecule has 2 atom stereocenters. The van der Waals surface area contributed by atoms with Gasteiger partial charge in [0.2, 0.25) is 0 Å². The van der Waals surface area contributed by atoms with Crippen LogP contribution in [-0.4, -0.2) is 35.1 Å². The largest absolute Gasteiger partial charge is 0.465 e. The Bertz CT molecular complexity index is 1020. The van der Waals surface area contributed by atoms with Crippen molar-refractivity contribution in [2.75, 3.05) is 14.2 Å². The summed E-state index contributed by atoms with van der Waals surface area (Å²) in [5, 5.41) is 3.97. The topological polar surface area (TPSA) is 67.6 Å². The van der Waals surface area contributed by atoms with Crippen molar-refractivity contribution < 1.29 is 13.9 Å². The van der Waals surface area contributed by atoms with Crippen LogP contribution in [0.4, 0.5) is 0 Å². The molecular weight excluding hydrogens is 374 g/mol. The van der Waals surface area contributed by atoms with Gasteiger partial charge in [0.15, 0.2) is 5.11 Å². The van der Waals surface area contributed by atoms with Crippen LogP contribution in [0.25, 0.3) is 11.3 Å². The Balaban J connectivity index is 1.68. The fourth-order valence-corrected chi connectivity index (χ4v) is 3.64. The first kappa shape index (κ1) is 18.2. The summed E-state index contributed by atoms with van der Waals surface area (Å²) in [6.45, 7) is 0. The fraction of sp³-hybridized carbons (Fsp3) is 0.190. The Labute approximate surface area is 168 Å². The summed E-state index contributed by atoms with van der Waals surface area (Å²) < 4.78 is 11.0. The molecule has 1 aliphatic heterocycles. The highest BCUT2D eigenvalue weighted by atomic mass is 32.1. The van der Waals surface area contributed by atoms with E-state index in [0.717, 1.165) is 17.0 Å². The number of hydrogen-bond donors (Lipinski definition) is 1. The average molecular weight is 393 g/mol. The van der Waals surface area contributed by atoms with Gasteiger partial charge in [-0.3, -0.25) is 4.98 Å². The second-order valence-corrected chi connectivity index (χ2v) is 6.90. The number of carbonyl (C=O) groups is 1. The Morgan fingerprint density at radius 3 is 2.82 bits per heavy atom. The number of furan rings is 1. The second-order valence-electron chi connectivity index (χ2n) is 6.51. The monoisotopic (exact) mass is 393 g/mol. The molecule has 2 aromatic heterocycles. The minimum absolute atomic E-state index is 0.112. The van der Waals surface area contributed by atoms with Crippen molar-refractivity contribution in [3.8, 4) is 11.3 Å². The SMILES string of the molecule is COC(=O)c1cccc(-c2ccc([C@H]3[C@@H](c4ccccn4)NC(=S)N3C)o2)c1. The van der Waals surface area contributed by atoms with E-state index in [-0.39, 0.29) is 18.1 Å². The van der Waals surface area contributed by atoms with Crippen molar-refractivity contribution in [1.29, 1.82) is 0 Å². The van der Waals surface area contributed by atoms with Crippen LogP contribution < -0.4 is 5.32 Å². The lowest BCUT2D eigenvalue weighted by atomic mass is 10.0. The van der Waals surface area contributed by atoms with Gasteiger partial charge in [0.25, 0.3) is 0 Å². The molecule has 4 rings (SSSR count). The van der Waals surface area contributed by atoms with E-state index in [2.05, 4.69) is 10.3 Å². The zero-order chi connectivity index (χ0) is 19.7. The number of nitrogens with one attached hydrogen (secondary N) is 1. The third-order valence-corrected chi connectivity index (χ3v) is 5.23. The lowest BCUT2D eigenvalue weighted by Gasteiger charge is -2.21. The molecule has 1 N–H and O–H groups in total. The average Bonchev–Trinajstić information content (AvgIpc) is 3.33. The van der Waals surface area contributed by atoms with Gasteiger partial charge in [-0.2, -0.15) is 0 Å². The molecule has 1 fully saturated rings. The van der Waals surface area contributed by atoms with Crippen molar-refractivity contribution in [3.05, 3.63) is 77.8 Å². The number of methoxy groups -OCH3 is 1. The molecule has 0 amide bonds. The first-order valence-electron chi connectivity index (χ1n) is 8.81. The van der Waals surface area contributed by atoms with E-state index in [1.54, 1.807) is 24.4 Å². The van der Waals surface area contributed by atoms with E-state index in [0.29, 0.717) is 16.4 Å². The van der Waals surface area contributed by atoms with Gasteiger partial charge in [-0.05, 0) is 48.6 Å². The normalized spacial score (nSPS) is 18.8. The Morgan fingerprint density at radius 2 is 2.07 bits per heavy atom. The minimum atomic E-state index is -0.381. The van der Waals surface area contributed by atoms with E-state index in [1.807, 2.05) is 48.3 Å². The Morgan fingerprint density at radius 1 is 1.21 bits per heavy atom. The highest BCUT2D eigenvalue weighted by molar-refractivity contribution is 7.80. The standard InChI is InChI=1S/C21H19N3O3S/c1-24-19(18(23-21(24)28)15-8-3-4-11-22-15)17-10-9-16(27-17)13-6-5-7-14(12-13)20(25)26-2/h3-12,18-19H,1-2H3,(H,23,28)/t18-,19+/m1/s1. The third-order valence-electron chi connectivity index (χ3n) is 4.83. The summed E-state index contributed by atoms with van der Waals surface area (Å²) in [6.07, 6.45) is 1.77. The highest BCUT2D eigenvalue weighted by Gasteiger charge is 2.39. The minimum Gasteiger partial charge on any atom is -0.465 e. The number of ether oxygens (including phenoxy) is 1. The van der Waals surface area contributed by atoms with E-state index in [9.17, 15) is 4.79 Å². The summed E-state index contributed by atoms with van der Waals surface area (Å²) >= 11 is 5.45. The third kappa shape index (κ3) is 3.25. The van der Waals surface area contributed by atoms with Crippen LogP contribution in [-0.2, 0) is 4.74 Å². The van der Waals surface area contributed by atoms with Gasteiger partial charge in [-0.1, -0.05) is 18.2 Å².